The Kier molecular flexibility index (Phi) is 4.74. The zero-order valence-corrected chi connectivity index (χ0v) is 11.4. The zero-order valence-electron chi connectivity index (χ0n) is 11.4. The van der Waals surface area contributed by atoms with Crippen LogP contribution in [0, 0.1) is 5.92 Å². The zero-order chi connectivity index (χ0) is 13.7. The highest BCUT2D eigenvalue weighted by Gasteiger charge is 2.16. The Bertz CT molecular complexity index is 460. The predicted octanol–water partition coefficient (Wildman–Crippen LogP) is 3.02. The first-order chi connectivity index (χ1) is 9.15. The second-order valence-corrected chi connectivity index (χ2v) is 5.33. The van der Waals surface area contributed by atoms with E-state index in [9.17, 15) is 4.79 Å². The van der Waals surface area contributed by atoms with Gasteiger partial charge in [0.2, 0.25) is 0 Å². The molecule has 0 bridgehead atoms. The van der Waals surface area contributed by atoms with Crippen LogP contribution in [0.4, 0.5) is 0 Å². The molecule has 1 saturated heterocycles. The molecule has 1 N–H and O–H groups in total. The first-order valence-electron chi connectivity index (χ1n) is 6.86. The van der Waals surface area contributed by atoms with Gasteiger partial charge in [-0.3, -0.25) is 4.90 Å². The Morgan fingerprint density at radius 3 is 2.74 bits per heavy atom. The number of carboxylic acids is 1. The van der Waals surface area contributed by atoms with Crippen LogP contribution in [0.15, 0.2) is 30.3 Å². The van der Waals surface area contributed by atoms with Gasteiger partial charge in [0.25, 0.3) is 0 Å². The van der Waals surface area contributed by atoms with Gasteiger partial charge in [-0.25, -0.2) is 4.79 Å². The van der Waals surface area contributed by atoms with Crippen molar-refractivity contribution in [2.75, 3.05) is 13.1 Å². The van der Waals surface area contributed by atoms with Crippen molar-refractivity contribution in [3.05, 3.63) is 41.5 Å². The van der Waals surface area contributed by atoms with Crippen LogP contribution < -0.4 is 0 Å². The number of carbonyl (C=O) groups is 1. The van der Waals surface area contributed by atoms with E-state index in [1.54, 1.807) is 6.08 Å². The fraction of sp³-hybridized carbons (Fsp3) is 0.438. The molecule has 1 aliphatic rings. The molecule has 0 atom stereocenters. The van der Waals surface area contributed by atoms with E-state index in [1.807, 2.05) is 18.2 Å². The van der Waals surface area contributed by atoms with Crippen LogP contribution >= 0.6 is 0 Å². The molecule has 102 valence electrons. The van der Waals surface area contributed by atoms with Gasteiger partial charge in [-0.2, -0.15) is 0 Å². The monoisotopic (exact) mass is 259 g/mol. The van der Waals surface area contributed by atoms with E-state index >= 15 is 0 Å². The van der Waals surface area contributed by atoms with Gasteiger partial charge in [0.15, 0.2) is 0 Å². The summed E-state index contributed by atoms with van der Waals surface area (Å²) in [5, 5.41) is 8.72. The number of rotatable bonds is 4. The van der Waals surface area contributed by atoms with Crippen molar-refractivity contribution in [3.8, 4) is 0 Å². The third-order valence-corrected chi connectivity index (χ3v) is 3.73. The summed E-state index contributed by atoms with van der Waals surface area (Å²) in [6, 6.07) is 8.02. The number of piperidine rings is 1. The van der Waals surface area contributed by atoms with Crippen molar-refractivity contribution in [1.29, 1.82) is 0 Å². The molecular formula is C16H21NO2. The summed E-state index contributed by atoms with van der Waals surface area (Å²) in [4.78, 5) is 13.1. The van der Waals surface area contributed by atoms with Crippen molar-refractivity contribution in [3.63, 3.8) is 0 Å². The normalized spacial score (nSPS) is 17.9. The summed E-state index contributed by atoms with van der Waals surface area (Å²) in [5.74, 6) is -0.0694. The van der Waals surface area contributed by atoms with E-state index < -0.39 is 5.97 Å². The van der Waals surface area contributed by atoms with Crippen molar-refractivity contribution >= 4 is 12.0 Å². The smallest absolute Gasteiger partial charge is 0.328 e. The van der Waals surface area contributed by atoms with Gasteiger partial charge in [-0.05, 0) is 49.1 Å². The molecule has 0 amide bonds. The molecule has 2 rings (SSSR count). The van der Waals surface area contributed by atoms with E-state index in [1.165, 1.54) is 24.5 Å². The number of likely N-dealkylation sites (tertiary alicyclic amines) is 1. The Labute approximate surface area is 114 Å². The molecule has 0 spiro atoms. The van der Waals surface area contributed by atoms with Crippen LogP contribution in [0.5, 0.6) is 0 Å². The fourth-order valence-corrected chi connectivity index (χ4v) is 2.46. The van der Waals surface area contributed by atoms with E-state index in [0.717, 1.165) is 31.1 Å². The Morgan fingerprint density at radius 1 is 1.37 bits per heavy atom. The summed E-state index contributed by atoms with van der Waals surface area (Å²) in [6.07, 6.45) is 5.40. The largest absolute Gasteiger partial charge is 0.478 e. The van der Waals surface area contributed by atoms with Crippen LogP contribution in [-0.2, 0) is 11.3 Å². The minimum atomic E-state index is -0.901. The minimum Gasteiger partial charge on any atom is -0.478 e. The average molecular weight is 259 g/mol. The summed E-state index contributed by atoms with van der Waals surface area (Å²) in [7, 11) is 0. The lowest BCUT2D eigenvalue weighted by Gasteiger charge is -2.30. The number of hydrogen-bond acceptors (Lipinski definition) is 2. The van der Waals surface area contributed by atoms with Crippen molar-refractivity contribution in [1.82, 2.24) is 4.90 Å². The van der Waals surface area contributed by atoms with E-state index in [0.29, 0.717) is 0 Å². The first kappa shape index (κ1) is 13.8. The molecule has 0 unspecified atom stereocenters. The van der Waals surface area contributed by atoms with Crippen molar-refractivity contribution in [2.24, 2.45) is 5.92 Å². The molecule has 3 heteroatoms. The number of aliphatic carboxylic acids is 1. The fourth-order valence-electron chi connectivity index (χ4n) is 2.46. The summed E-state index contributed by atoms with van der Waals surface area (Å²) >= 11 is 0. The van der Waals surface area contributed by atoms with Gasteiger partial charge in [0.1, 0.15) is 0 Å². The van der Waals surface area contributed by atoms with Gasteiger partial charge >= 0.3 is 5.97 Å². The molecule has 0 aromatic heterocycles. The lowest BCUT2D eigenvalue weighted by atomic mass is 9.98. The maximum Gasteiger partial charge on any atom is 0.328 e. The highest BCUT2D eigenvalue weighted by molar-refractivity contribution is 5.85. The standard InChI is InChI=1S/C16H21NO2/c1-13-8-10-17(11-9-13)12-15-5-3-2-4-14(15)6-7-16(18)19/h2-7,13H,8-12H2,1H3,(H,18,19). The third-order valence-electron chi connectivity index (χ3n) is 3.73. The Balaban J connectivity index is 2.05. The molecule has 1 heterocycles. The van der Waals surface area contributed by atoms with Crippen LogP contribution in [0.25, 0.3) is 6.08 Å². The van der Waals surface area contributed by atoms with E-state index in [4.69, 9.17) is 5.11 Å². The quantitative estimate of drug-likeness (QED) is 0.845. The third kappa shape index (κ3) is 4.21. The summed E-state index contributed by atoms with van der Waals surface area (Å²) in [6.45, 7) is 5.49. The minimum absolute atomic E-state index is 0.832. The van der Waals surface area contributed by atoms with Gasteiger partial charge in [0.05, 0.1) is 0 Å². The molecule has 0 radical (unpaired) electrons. The first-order valence-corrected chi connectivity index (χ1v) is 6.86. The summed E-state index contributed by atoms with van der Waals surface area (Å²) < 4.78 is 0. The van der Waals surface area contributed by atoms with Gasteiger partial charge in [0, 0.05) is 12.6 Å². The maximum absolute atomic E-state index is 10.6. The van der Waals surface area contributed by atoms with E-state index in [-0.39, 0.29) is 0 Å². The van der Waals surface area contributed by atoms with E-state index in [2.05, 4.69) is 17.9 Å². The molecular weight excluding hydrogens is 238 g/mol. The SMILES string of the molecule is CC1CCN(Cc2ccccc2C=CC(=O)O)CC1. The number of carboxylic acid groups (broad SMARTS) is 1. The van der Waals surface area contributed by atoms with Gasteiger partial charge in [-0.15, -0.1) is 0 Å². The molecule has 1 aromatic rings. The number of hydrogen-bond donors (Lipinski definition) is 1. The predicted molar refractivity (Wildman–Crippen MR) is 76.8 cm³/mol. The van der Waals surface area contributed by atoms with Crippen molar-refractivity contribution < 1.29 is 9.90 Å². The summed E-state index contributed by atoms with van der Waals surface area (Å²) in [5.41, 5.74) is 2.21. The second-order valence-electron chi connectivity index (χ2n) is 5.33. The molecule has 19 heavy (non-hydrogen) atoms. The van der Waals surface area contributed by atoms with Crippen LogP contribution in [0.1, 0.15) is 30.9 Å². The Hall–Kier alpha value is -1.61. The average Bonchev–Trinajstić information content (AvgIpc) is 2.40. The highest BCUT2D eigenvalue weighted by Crippen LogP contribution is 2.20. The number of nitrogens with zero attached hydrogens (tertiary/aromatic N) is 1. The van der Waals surface area contributed by atoms with Crippen molar-refractivity contribution in [2.45, 2.75) is 26.3 Å². The molecule has 1 aliphatic heterocycles. The lowest BCUT2D eigenvalue weighted by Crippen LogP contribution is -2.32. The molecule has 1 aromatic carbocycles. The molecule has 3 nitrogen and oxygen atoms in total. The second kappa shape index (κ2) is 6.53. The Morgan fingerprint density at radius 2 is 2.05 bits per heavy atom. The van der Waals surface area contributed by atoms with Gasteiger partial charge < -0.3 is 5.11 Å². The van der Waals surface area contributed by atoms with Crippen LogP contribution in [0.2, 0.25) is 0 Å². The highest BCUT2D eigenvalue weighted by atomic mass is 16.4. The lowest BCUT2D eigenvalue weighted by molar-refractivity contribution is -0.131. The molecule has 0 saturated carbocycles. The van der Waals surface area contributed by atoms with Crippen LogP contribution in [0.3, 0.4) is 0 Å². The number of benzene rings is 1. The molecule has 0 aliphatic carbocycles. The topological polar surface area (TPSA) is 40.5 Å². The maximum atomic E-state index is 10.6. The molecule has 1 fully saturated rings. The van der Waals surface area contributed by atoms with Gasteiger partial charge in [-0.1, -0.05) is 31.2 Å². The van der Waals surface area contributed by atoms with Crippen LogP contribution in [-0.4, -0.2) is 29.1 Å².